The van der Waals surface area contributed by atoms with Gasteiger partial charge in [0.2, 0.25) is 5.95 Å². The molecule has 0 spiro atoms. The maximum atomic E-state index is 12.5. The number of para-hydroxylation sites is 1. The smallest absolute Gasteiger partial charge is 0.313 e. The Morgan fingerprint density at radius 3 is 2.68 bits per heavy atom. The van der Waals surface area contributed by atoms with Gasteiger partial charge in [-0.15, -0.1) is 0 Å². The number of hydrazone groups is 1. The normalized spacial score (nSPS) is 15.9. The highest BCUT2D eigenvalue weighted by Gasteiger charge is 2.26. The van der Waals surface area contributed by atoms with E-state index in [1.165, 1.54) is 17.3 Å². The molecule has 1 aromatic heterocycles. The van der Waals surface area contributed by atoms with Crippen LogP contribution in [0, 0.1) is 5.92 Å². The SMILES string of the molecule is O=C(O)C1C=NN(c2nc3ccc(Oc4c(Cl)cccc4Cl)cc3c(=O)[nH]2)C1. The van der Waals surface area contributed by atoms with Gasteiger partial charge in [-0.25, -0.2) is 9.99 Å². The fourth-order valence-corrected chi connectivity index (χ4v) is 3.19. The molecular formula is C18H12Cl2N4O4. The average molecular weight is 419 g/mol. The lowest BCUT2D eigenvalue weighted by molar-refractivity contribution is -0.138. The lowest BCUT2D eigenvalue weighted by Crippen LogP contribution is -2.26. The first-order chi connectivity index (χ1) is 13.4. The van der Waals surface area contributed by atoms with Crippen LogP contribution in [-0.2, 0) is 4.79 Å². The van der Waals surface area contributed by atoms with Crippen molar-refractivity contribution in [3.8, 4) is 11.5 Å². The van der Waals surface area contributed by atoms with Crippen LogP contribution in [0.25, 0.3) is 10.9 Å². The van der Waals surface area contributed by atoms with E-state index in [-0.39, 0.29) is 18.2 Å². The molecule has 4 rings (SSSR count). The Labute approximate surface area is 168 Å². The number of ether oxygens (including phenoxy) is 1. The summed E-state index contributed by atoms with van der Waals surface area (Å²) in [5.41, 5.74) is -0.00462. The lowest BCUT2D eigenvalue weighted by atomic mass is 10.2. The standard InChI is InChI=1S/C18H12Cl2N4O4/c19-12-2-1-3-13(20)15(12)28-10-4-5-14-11(6-10)16(25)23-18(22-14)24-8-9(7-21-24)17(26)27/h1-7,9H,8H2,(H,26,27)(H,22,23,25). The minimum Gasteiger partial charge on any atom is -0.481 e. The van der Waals surface area contributed by atoms with Crippen LogP contribution in [0.4, 0.5) is 5.95 Å². The molecule has 0 radical (unpaired) electrons. The molecule has 28 heavy (non-hydrogen) atoms. The molecule has 2 heterocycles. The van der Waals surface area contributed by atoms with Crippen LogP contribution in [0.3, 0.4) is 0 Å². The highest BCUT2D eigenvalue weighted by atomic mass is 35.5. The van der Waals surface area contributed by atoms with E-state index in [9.17, 15) is 9.59 Å². The molecule has 1 atom stereocenters. The number of carboxylic acid groups (broad SMARTS) is 1. The van der Waals surface area contributed by atoms with Gasteiger partial charge in [0.15, 0.2) is 5.75 Å². The number of nitrogens with zero attached hydrogens (tertiary/aromatic N) is 3. The molecule has 1 aliphatic heterocycles. The molecule has 0 aliphatic carbocycles. The second-order valence-electron chi connectivity index (χ2n) is 6.01. The number of hydrogen-bond donors (Lipinski definition) is 2. The third-order valence-electron chi connectivity index (χ3n) is 4.12. The van der Waals surface area contributed by atoms with Gasteiger partial charge in [0.1, 0.15) is 11.7 Å². The highest BCUT2D eigenvalue weighted by molar-refractivity contribution is 6.37. The van der Waals surface area contributed by atoms with E-state index in [1.807, 2.05) is 0 Å². The van der Waals surface area contributed by atoms with Crippen molar-refractivity contribution in [3.05, 3.63) is 56.8 Å². The van der Waals surface area contributed by atoms with E-state index in [0.717, 1.165) is 0 Å². The van der Waals surface area contributed by atoms with E-state index in [0.29, 0.717) is 26.7 Å². The van der Waals surface area contributed by atoms with Crippen LogP contribution in [0.1, 0.15) is 0 Å². The molecule has 0 bridgehead atoms. The van der Waals surface area contributed by atoms with Crippen molar-refractivity contribution in [2.45, 2.75) is 0 Å². The molecule has 142 valence electrons. The van der Waals surface area contributed by atoms with Crippen molar-refractivity contribution in [1.29, 1.82) is 0 Å². The average Bonchev–Trinajstić information content (AvgIpc) is 3.16. The zero-order valence-electron chi connectivity index (χ0n) is 14.1. The largest absolute Gasteiger partial charge is 0.481 e. The second kappa shape index (κ2) is 7.14. The Balaban J connectivity index is 1.66. The number of benzene rings is 2. The van der Waals surface area contributed by atoms with Gasteiger partial charge in [-0.1, -0.05) is 29.3 Å². The van der Waals surface area contributed by atoms with Gasteiger partial charge in [-0.3, -0.25) is 14.6 Å². The first kappa shape index (κ1) is 18.3. The summed E-state index contributed by atoms with van der Waals surface area (Å²) in [4.78, 5) is 30.5. The van der Waals surface area contributed by atoms with E-state index in [2.05, 4.69) is 15.1 Å². The van der Waals surface area contributed by atoms with Crippen LogP contribution in [0.2, 0.25) is 10.0 Å². The van der Waals surface area contributed by atoms with E-state index >= 15 is 0 Å². The van der Waals surface area contributed by atoms with E-state index < -0.39 is 17.4 Å². The summed E-state index contributed by atoms with van der Waals surface area (Å²) in [6, 6.07) is 9.76. The first-order valence-electron chi connectivity index (χ1n) is 8.13. The number of carbonyl (C=O) groups is 1. The zero-order chi connectivity index (χ0) is 19.8. The van der Waals surface area contributed by atoms with Gasteiger partial charge in [0.25, 0.3) is 5.56 Å². The molecule has 0 saturated carbocycles. The predicted molar refractivity (Wildman–Crippen MR) is 106 cm³/mol. The molecule has 2 N–H and O–H groups in total. The molecule has 10 heteroatoms. The van der Waals surface area contributed by atoms with Crippen LogP contribution < -0.4 is 15.3 Å². The number of aliphatic carboxylic acids is 1. The van der Waals surface area contributed by atoms with Crippen LogP contribution in [0.5, 0.6) is 11.5 Å². The predicted octanol–water partition coefficient (Wildman–Crippen LogP) is 3.53. The molecule has 0 amide bonds. The molecule has 2 aromatic carbocycles. The highest BCUT2D eigenvalue weighted by Crippen LogP contribution is 2.36. The van der Waals surface area contributed by atoms with Gasteiger partial charge < -0.3 is 9.84 Å². The minimum absolute atomic E-state index is 0.0932. The quantitative estimate of drug-likeness (QED) is 0.670. The van der Waals surface area contributed by atoms with E-state index in [4.69, 9.17) is 33.0 Å². The lowest BCUT2D eigenvalue weighted by Gasteiger charge is -2.14. The maximum Gasteiger partial charge on any atom is 0.313 e. The summed E-state index contributed by atoms with van der Waals surface area (Å²) >= 11 is 12.2. The molecule has 1 unspecified atom stereocenters. The molecule has 0 fully saturated rings. The van der Waals surface area contributed by atoms with Crippen molar-refractivity contribution in [1.82, 2.24) is 9.97 Å². The van der Waals surface area contributed by atoms with Crippen molar-refractivity contribution < 1.29 is 14.6 Å². The van der Waals surface area contributed by atoms with Crippen molar-refractivity contribution in [3.63, 3.8) is 0 Å². The topological polar surface area (TPSA) is 108 Å². The minimum atomic E-state index is -0.991. The number of hydrogen-bond acceptors (Lipinski definition) is 6. The van der Waals surface area contributed by atoms with Gasteiger partial charge in [-0.05, 0) is 30.3 Å². The summed E-state index contributed by atoms with van der Waals surface area (Å²) in [5.74, 6) is -0.920. The summed E-state index contributed by atoms with van der Waals surface area (Å²) in [5, 5.41) is 15.4. The molecule has 1 aliphatic rings. The van der Waals surface area contributed by atoms with Crippen LogP contribution >= 0.6 is 23.2 Å². The number of halogens is 2. The summed E-state index contributed by atoms with van der Waals surface area (Å²) in [6.07, 6.45) is 1.30. The van der Waals surface area contributed by atoms with Gasteiger partial charge in [0.05, 0.1) is 27.5 Å². The Morgan fingerprint density at radius 1 is 1.25 bits per heavy atom. The molecule has 0 saturated heterocycles. The number of rotatable bonds is 4. The maximum absolute atomic E-state index is 12.5. The van der Waals surface area contributed by atoms with E-state index in [1.54, 1.807) is 30.3 Å². The molecular weight excluding hydrogens is 407 g/mol. The fourth-order valence-electron chi connectivity index (χ4n) is 2.71. The van der Waals surface area contributed by atoms with Crippen molar-refractivity contribution in [2.24, 2.45) is 11.0 Å². The fraction of sp³-hybridized carbons (Fsp3) is 0.111. The van der Waals surface area contributed by atoms with Crippen molar-refractivity contribution >= 4 is 52.2 Å². The van der Waals surface area contributed by atoms with Crippen LogP contribution in [-0.4, -0.2) is 33.8 Å². The van der Waals surface area contributed by atoms with Gasteiger partial charge >= 0.3 is 5.97 Å². The second-order valence-corrected chi connectivity index (χ2v) is 6.83. The number of aromatic nitrogens is 2. The summed E-state index contributed by atoms with van der Waals surface area (Å²) in [7, 11) is 0. The summed E-state index contributed by atoms with van der Waals surface area (Å²) < 4.78 is 5.73. The number of nitrogens with one attached hydrogen (secondary N) is 1. The zero-order valence-corrected chi connectivity index (χ0v) is 15.6. The molecule has 8 nitrogen and oxygen atoms in total. The number of H-pyrrole nitrogens is 1. The number of carboxylic acids is 1. The van der Waals surface area contributed by atoms with Gasteiger partial charge in [0, 0.05) is 6.21 Å². The van der Waals surface area contributed by atoms with Crippen molar-refractivity contribution in [2.75, 3.05) is 11.6 Å². The number of fused-ring (bicyclic) bond motifs is 1. The monoisotopic (exact) mass is 418 g/mol. The third-order valence-corrected chi connectivity index (χ3v) is 4.72. The Kier molecular flexibility index (Phi) is 4.66. The summed E-state index contributed by atoms with van der Waals surface area (Å²) in [6.45, 7) is 0.0932. The van der Waals surface area contributed by atoms with Gasteiger partial charge in [-0.2, -0.15) is 5.10 Å². The molecule has 3 aromatic rings. The Hall–Kier alpha value is -3.10. The Morgan fingerprint density at radius 2 is 2.00 bits per heavy atom. The van der Waals surface area contributed by atoms with Crippen LogP contribution in [0.15, 0.2) is 46.3 Å². The Bertz CT molecular complexity index is 1160. The number of aromatic amines is 1. The third kappa shape index (κ3) is 3.39. The number of anilines is 1. The first-order valence-corrected chi connectivity index (χ1v) is 8.88.